The van der Waals surface area contributed by atoms with E-state index in [-0.39, 0.29) is 18.8 Å². The maximum absolute atomic E-state index is 12.5. The average Bonchev–Trinajstić information content (AvgIpc) is 3.05. The number of aryl methyl sites for hydroxylation is 1. The number of amides is 1. The molecular weight excluding hydrogens is 399 g/mol. The highest BCUT2D eigenvalue weighted by atomic mass is 32.2. The molecule has 1 N–H and O–H groups in total. The van der Waals surface area contributed by atoms with Crippen molar-refractivity contribution < 1.29 is 31.1 Å². The number of halogens is 3. The first kappa shape index (κ1) is 21.5. The Morgan fingerprint density at radius 1 is 1.39 bits per heavy atom. The van der Waals surface area contributed by atoms with E-state index in [2.05, 4.69) is 21.7 Å². The van der Waals surface area contributed by atoms with Crippen LogP contribution in [0.15, 0.2) is 43.2 Å². The van der Waals surface area contributed by atoms with E-state index in [1.807, 2.05) is 0 Å². The van der Waals surface area contributed by atoms with E-state index in [9.17, 15) is 26.4 Å². The lowest BCUT2D eigenvalue weighted by molar-refractivity contribution is -0.274. The van der Waals surface area contributed by atoms with Crippen molar-refractivity contribution in [3.63, 3.8) is 0 Å². The fraction of sp³-hybridized carbons (Fsp3) is 0.294. The molecule has 0 aliphatic rings. The zero-order valence-corrected chi connectivity index (χ0v) is 15.7. The van der Waals surface area contributed by atoms with Crippen LogP contribution in [0.2, 0.25) is 0 Å². The van der Waals surface area contributed by atoms with E-state index in [0.717, 1.165) is 18.4 Å². The Hall–Kier alpha value is -2.82. The summed E-state index contributed by atoms with van der Waals surface area (Å²) in [7, 11) is -3.20. The van der Waals surface area contributed by atoms with Crippen molar-refractivity contribution in [1.29, 1.82) is 0 Å². The van der Waals surface area contributed by atoms with E-state index in [1.165, 1.54) is 29.2 Å². The molecule has 1 aromatic heterocycles. The number of ether oxygens (including phenoxy) is 1. The molecule has 0 bridgehead atoms. The molecule has 0 spiro atoms. The van der Waals surface area contributed by atoms with Crippen molar-refractivity contribution in [2.24, 2.45) is 0 Å². The Bertz CT molecular complexity index is 968. The predicted octanol–water partition coefficient (Wildman–Crippen LogP) is 2.30. The summed E-state index contributed by atoms with van der Waals surface area (Å²) in [5, 5.41) is 6.59. The summed E-state index contributed by atoms with van der Waals surface area (Å²) < 4.78 is 65.5. The third-order valence-electron chi connectivity index (χ3n) is 3.59. The second-order valence-electron chi connectivity index (χ2n) is 5.91. The Morgan fingerprint density at radius 2 is 2.11 bits per heavy atom. The zero-order valence-electron chi connectivity index (χ0n) is 14.9. The van der Waals surface area contributed by atoms with Gasteiger partial charge in [-0.05, 0) is 29.3 Å². The summed E-state index contributed by atoms with van der Waals surface area (Å²) >= 11 is 0. The first-order valence-electron chi connectivity index (χ1n) is 7.96. The summed E-state index contributed by atoms with van der Waals surface area (Å²) in [6.07, 6.45) is 0.222. The van der Waals surface area contributed by atoms with Crippen LogP contribution in [0, 0.1) is 0 Å². The van der Waals surface area contributed by atoms with Crippen LogP contribution in [0.1, 0.15) is 5.56 Å². The fourth-order valence-electron chi connectivity index (χ4n) is 2.31. The smallest absolute Gasteiger partial charge is 0.406 e. The Kier molecular flexibility index (Phi) is 6.49. The van der Waals surface area contributed by atoms with Crippen molar-refractivity contribution in [3.05, 3.63) is 48.8 Å². The van der Waals surface area contributed by atoms with Gasteiger partial charge in [0.25, 0.3) is 0 Å². The van der Waals surface area contributed by atoms with E-state index in [4.69, 9.17) is 0 Å². The molecule has 7 nitrogen and oxygen atoms in total. The van der Waals surface area contributed by atoms with Crippen LogP contribution in [0.4, 0.5) is 13.2 Å². The molecule has 11 heteroatoms. The molecule has 2 aromatic rings. The SMILES string of the molecule is C=CC(=O)NCc1ccc(OC(F)(F)F)cc1-c1cnn(CCS(C)(=O)=O)c1. The van der Waals surface area contributed by atoms with Crippen molar-refractivity contribution in [1.82, 2.24) is 15.1 Å². The lowest BCUT2D eigenvalue weighted by atomic mass is 10.0. The van der Waals surface area contributed by atoms with Gasteiger partial charge in [-0.3, -0.25) is 9.48 Å². The maximum Gasteiger partial charge on any atom is 0.573 e. The molecule has 0 aliphatic carbocycles. The fourth-order valence-corrected chi connectivity index (χ4v) is 2.83. The molecule has 152 valence electrons. The highest BCUT2D eigenvalue weighted by molar-refractivity contribution is 7.90. The topological polar surface area (TPSA) is 90.3 Å². The van der Waals surface area contributed by atoms with Crippen LogP contribution >= 0.6 is 0 Å². The van der Waals surface area contributed by atoms with Crippen LogP contribution in [-0.4, -0.2) is 42.5 Å². The Balaban J connectivity index is 2.34. The van der Waals surface area contributed by atoms with Crippen molar-refractivity contribution in [2.75, 3.05) is 12.0 Å². The minimum Gasteiger partial charge on any atom is -0.406 e. The highest BCUT2D eigenvalue weighted by Crippen LogP contribution is 2.31. The van der Waals surface area contributed by atoms with Crippen LogP contribution in [-0.2, 0) is 27.7 Å². The number of sulfone groups is 1. The maximum atomic E-state index is 12.5. The number of alkyl halides is 3. The molecule has 0 aliphatic heterocycles. The van der Waals surface area contributed by atoms with Gasteiger partial charge in [-0.2, -0.15) is 5.10 Å². The molecule has 0 saturated heterocycles. The summed E-state index contributed by atoms with van der Waals surface area (Å²) in [5.41, 5.74) is 1.33. The van der Waals surface area contributed by atoms with E-state index >= 15 is 0 Å². The average molecular weight is 417 g/mol. The van der Waals surface area contributed by atoms with Crippen LogP contribution in [0.3, 0.4) is 0 Å². The lowest BCUT2D eigenvalue weighted by Gasteiger charge is -2.13. The first-order valence-corrected chi connectivity index (χ1v) is 10.0. The number of rotatable bonds is 8. The number of nitrogens with zero attached hydrogens (tertiary/aromatic N) is 2. The second kappa shape index (κ2) is 8.46. The quantitative estimate of drug-likeness (QED) is 0.666. The van der Waals surface area contributed by atoms with Crippen molar-refractivity contribution in [2.45, 2.75) is 19.5 Å². The number of benzene rings is 1. The van der Waals surface area contributed by atoms with Gasteiger partial charge in [0.2, 0.25) is 5.91 Å². The molecular formula is C17H18F3N3O4S. The number of aromatic nitrogens is 2. The Labute approximate surface area is 159 Å². The standard InChI is InChI=1S/C17H18F3N3O4S/c1-3-16(24)21-9-12-4-5-14(27-17(18,19)20)8-15(12)13-10-22-23(11-13)6-7-28(2,25)26/h3-5,8,10-11H,1,6-7,9H2,2H3,(H,21,24). The molecule has 0 fully saturated rings. The molecule has 2 rings (SSSR count). The van der Waals surface area contributed by atoms with Gasteiger partial charge in [-0.15, -0.1) is 13.2 Å². The molecule has 1 heterocycles. The number of nitrogens with one attached hydrogen (secondary N) is 1. The lowest BCUT2D eigenvalue weighted by Crippen LogP contribution is -2.20. The molecule has 1 aromatic carbocycles. The number of carbonyl (C=O) groups is 1. The second-order valence-corrected chi connectivity index (χ2v) is 8.17. The summed E-state index contributed by atoms with van der Waals surface area (Å²) in [6, 6.07) is 3.72. The van der Waals surface area contributed by atoms with Crippen molar-refractivity contribution in [3.8, 4) is 16.9 Å². The molecule has 0 atom stereocenters. The van der Waals surface area contributed by atoms with Gasteiger partial charge in [0.15, 0.2) is 0 Å². The van der Waals surface area contributed by atoms with Crippen LogP contribution in [0.5, 0.6) is 5.75 Å². The largest absolute Gasteiger partial charge is 0.573 e. The van der Waals surface area contributed by atoms with Crippen molar-refractivity contribution >= 4 is 15.7 Å². The van der Waals surface area contributed by atoms with Gasteiger partial charge in [0.1, 0.15) is 15.6 Å². The molecule has 0 saturated carbocycles. The molecule has 28 heavy (non-hydrogen) atoms. The van der Waals surface area contributed by atoms with Gasteiger partial charge in [-0.25, -0.2) is 8.42 Å². The summed E-state index contributed by atoms with van der Waals surface area (Å²) in [6.45, 7) is 3.47. The minimum atomic E-state index is -4.85. The van der Waals surface area contributed by atoms with Crippen LogP contribution in [0.25, 0.3) is 11.1 Å². The zero-order chi connectivity index (χ0) is 20.9. The molecule has 1 amide bonds. The van der Waals surface area contributed by atoms with E-state index in [1.54, 1.807) is 0 Å². The molecule has 0 radical (unpaired) electrons. The van der Waals surface area contributed by atoms with E-state index < -0.39 is 27.9 Å². The number of hydrogen-bond donors (Lipinski definition) is 1. The third-order valence-corrected chi connectivity index (χ3v) is 4.51. The number of carbonyl (C=O) groups excluding carboxylic acids is 1. The monoisotopic (exact) mass is 417 g/mol. The van der Waals surface area contributed by atoms with Gasteiger partial charge in [0, 0.05) is 24.6 Å². The molecule has 0 unspecified atom stereocenters. The Morgan fingerprint density at radius 3 is 2.71 bits per heavy atom. The predicted molar refractivity (Wildman–Crippen MR) is 96.1 cm³/mol. The van der Waals surface area contributed by atoms with Gasteiger partial charge >= 0.3 is 6.36 Å². The minimum absolute atomic E-state index is 0.0427. The summed E-state index contributed by atoms with van der Waals surface area (Å²) in [4.78, 5) is 11.4. The van der Waals surface area contributed by atoms with Gasteiger partial charge < -0.3 is 10.1 Å². The summed E-state index contributed by atoms with van der Waals surface area (Å²) in [5.74, 6) is -0.997. The van der Waals surface area contributed by atoms with E-state index in [0.29, 0.717) is 16.7 Å². The normalized spacial score (nSPS) is 11.9. The number of hydrogen-bond acceptors (Lipinski definition) is 5. The first-order chi connectivity index (χ1) is 13.0. The van der Waals surface area contributed by atoms with Gasteiger partial charge in [-0.1, -0.05) is 12.6 Å². The highest BCUT2D eigenvalue weighted by Gasteiger charge is 2.31. The van der Waals surface area contributed by atoms with Gasteiger partial charge in [0.05, 0.1) is 18.5 Å². The van der Waals surface area contributed by atoms with Crippen LogP contribution < -0.4 is 10.1 Å². The third kappa shape index (κ3) is 6.72.